The third-order valence-corrected chi connectivity index (χ3v) is 7.96. The molecule has 0 saturated carbocycles. The molecule has 4 aromatic carbocycles. The molecular formula is C30H32N2O8S2. The van der Waals surface area contributed by atoms with Crippen LogP contribution in [0.3, 0.4) is 0 Å². The van der Waals surface area contributed by atoms with Crippen molar-refractivity contribution in [3.05, 3.63) is 84.9 Å². The maximum absolute atomic E-state index is 11.2. The Morgan fingerprint density at radius 2 is 0.857 bits per heavy atom. The molecule has 0 fully saturated rings. The van der Waals surface area contributed by atoms with Gasteiger partial charge in [-0.05, 0) is 71.5 Å². The first-order valence-corrected chi connectivity index (χ1v) is 16.3. The zero-order chi connectivity index (χ0) is 30.3. The van der Waals surface area contributed by atoms with Crippen LogP contribution in [0.15, 0.2) is 84.9 Å². The molecule has 0 aromatic heterocycles. The summed E-state index contributed by atoms with van der Waals surface area (Å²) in [5.41, 5.74) is 17.7. The number of benzene rings is 4. The summed E-state index contributed by atoms with van der Waals surface area (Å²) in [4.78, 5) is 0. The predicted octanol–water partition coefficient (Wildman–Crippen LogP) is 5.17. The SMILES string of the molecule is Nc1ccc(-c2ccc(-c3ccc(-c4ccc(N)cc4)c(OCCCS(=O)(=O)O)c3)cc2OCCCS(=O)(=O)O)cc1. The Balaban J connectivity index is 1.69. The largest absolute Gasteiger partial charge is 0.493 e. The van der Waals surface area contributed by atoms with Gasteiger partial charge in [0.15, 0.2) is 0 Å². The minimum Gasteiger partial charge on any atom is -0.493 e. The molecule has 0 bridgehead atoms. The number of hydrogen-bond acceptors (Lipinski definition) is 8. The molecule has 0 aliphatic heterocycles. The number of rotatable bonds is 13. The molecule has 4 aromatic rings. The molecule has 0 unspecified atom stereocenters. The molecule has 0 heterocycles. The van der Waals surface area contributed by atoms with Crippen molar-refractivity contribution in [2.45, 2.75) is 12.8 Å². The Bertz CT molecular complexity index is 1610. The van der Waals surface area contributed by atoms with E-state index in [1.807, 2.05) is 60.7 Å². The van der Waals surface area contributed by atoms with Gasteiger partial charge in [-0.15, -0.1) is 0 Å². The molecule has 0 spiro atoms. The highest BCUT2D eigenvalue weighted by atomic mass is 32.2. The van der Waals surface area contributed by atoms with Crippen LogP contribution >= 0.6 is 0 Å². The Kier molecular flexibility index (Phi) is 9.74. The maximum atomic E-state index is 11.2. The minimum atomic E-state index is -4.11. The molecule has 10 nitrogen and oxygen atoms in total. The van der Waals surface area contributed by atoms with Crippen LogP contribution in [-0.4, -0.2) is 50.7 Å². The highest BCUT2D eigenvalue weighted by molar-refractivity contribution is 7.86. The van der Waals surface area contributed by atoms with Gasteiger partial charge in [0, 0.05) is 22.5 Å². The number of ether oxygens (including phenoxy) is 2. The van der Waals surface area contributed by atoms with E-state index < -0.39 is 31.7 Å². The number of anilines is 2. The summed E-state index contributed by atoms with van der Waals surface area (Å²) in [7, 11) is -8.22. The lowest BCUT2D eigenvalue weighted by Crippen LogP contribution is -2.09. The topological polar surface area (TPSA) is 179 Å². The summed E-state index contributed by atoms with van der Waals surface area (Å²) in [6.45, 7) is 0.118. The van der Waals surface area contributed by atoms with Crippen molar-refractivity contribution < 1.29 is 35.4 Å². The van der Waals surface area contributed by atoms with Crippen molar-refractivity contribution in [3.8, 4) is 44.9 Å². The summed E-state index contributed by atoms with van der Waals surface area (Å²) in [5.74, 6) is 0.167. The zero-order valence-electron chi connectivity index (χ0n) is 22.6. The number of nitrogen functional groups attached to an aromatic ring is 2. The Morgan fingerprint density at radius 1 is 0.524 bits per heavy atom. The van der Waals surface area contributed by atoms with Gasteiger partial charge in [-0.2, -0.15) is 16.8 Å². The average Bonchev–Trinajstić information content (AvgIpc) is 2.93. The van der Waals surface area contributed by atoms with Gasteiger partial charge < -0.3 is 20.9 Å². The molecule has 42 heavy (non-hydrogen) atoms. The molecule has 4 rings (SSSR count). The standard InChI is InChI=1S/C30H32N2O8S2/c31-25-9-3-21(4-10-25)27-13-7-23(19-29(27)39-15-1-17-41(33,34)35)24-8-14-28(22-5-11-26(32)12-6-22)30(20-24)40-16-2-18-42(36,37)38/h3-14,19-20H,1-2,15-18,31-32H2,(H,33,34,35)(H,36,37,38). The van der Waals surface area contributed by atoms with Crippen molar-refractivity contribution in [1.82, 2.24) is 0 Å². The molecule has 0 amide bonds. The minimum absolute atomic E-state index is 0.0589. The fourth-order valence-corrected chi connectivity index (χ4v) is 5.26. The molecule has 0 atom stereocenters. The van der Waals surface area contributed by atoms with Gasteiger partial charge in [0.1, 0.15) is 11.5 Å². The molecule has 0 aliphatic rings. The summed E-state index contributed by atoms with van der Waals surface area (Å²) < 4.78 is 74.7. The summed E-state index contributed by atoms with van der Waals surface area (Å²) in [6.07, 6.45) is 0.199. The monoisotopic (exact) mass is 612 g/mol. The molecular weight excluding hydrogens is 580 g/mol. The van der Waals surface area contributed by atoms with Crippen molar-refractivity contribution in [1.29, 1.82) is 0 Å². The Labute approximate surface area is 245 Å². The van der Waals surface area contributed by atoms with Gasteiger partial charge >= 0.3 is 0 Å². The van der Waals surface area contributed by atoms with Crippen molar-refractivity contribution in [2.24, 2.45) is 0 Å². The van der Waals surface area contributed by atoms with Crippen LogP contribution < -0.4 is 20.9 Å². The van der Waals surface area contributed by atoms with Crippen molar-refractivity contribution in [2.75, 3.05) is 36.2 Å². The third kappa shape index (κ3) is 8.95. The van der Waals surface area contributed by atoms with Crippen LogP contribution in [0.25, 0.3) is 33.4 Å². The van der Waals surface area contributed by atoms with E-state index in [2.05, 4.69) is 0 Å². The summed E-state index contributed by atoms with van der Waals surface area (Å²) >= 11 is 0. The van der Waals surface area contributed by atoms with Crippen LogP contribution in [-0.2, 0) is 20.2 Å². The average molecular weight is 613 g/mol. The first-order valence-electron chi connectivity index (χ1n) is 13.0. The van der Waals surface area contributed by atoms with E-state index in [0.29, 0.717) is 22.9 Å². The second kappa shape index (κ2) is 13.3. The van der Waals surface area contributed by atoms with E-state index in [4.69, 9.17) is 30.0 Å². The molecule has 222 valence electrons. The third-order valence-electron chi connectivity index (χ3n) is 6.35. The van der Waals surface area contributed by atoms with E-state index in [0.717, 1.165) is 33.4 Å². The lowest BCUT2D eigenvalue weighted by Gasteiger charge is -2.16. The first-order chi connectivity index (χ1) is 19.9. The predicted molar refractivity (Wildman–Crippen MR) is 165 cm³/mol. The van der Waals surface area contributed by atoms with E-state index >= 15 is 0 Å². The van der Waals surface area contributed by atoms with E-state index in [9.17, 15) is 16.8 Å². The van der Waals surface area contributed by atoms with Crippen molar-refractivity contribution in [3.63, 3.8) is 0 Å². The highest BCUT2D eigenvalue weighted by Gasteiger charge is 2.14. The normalized spacial score (nSPS) is 11.8. The molecule has 0 saturated heterocycles. The van der Waals surface area contributed by atoms with E-state index in [1.54, 1.807) is 24.3 Å². The quantitative estimate of drug-likeness (QED) is 0.0894. The fraction of sp³-hybridized carbons (Fsp3) is 0.200. The van der Waals surface area contributed by atoms with Crippen LogP contribution in [0.2, 0.25) is 0 Å². The second-order valence-electron chi connectivity index (χ2n) is 9.64. The smallest absolute Gasteiger partial charge is 0.264 e. The maximum Gasteiger partial charge on any atom is 0.264 e. The van der Waals surface area contributed by atoms with E-state index in [-0.39, 0.29) is 26.1 Å². The second-order valence-corrected chi connectivity index (χ2v) is 12.8. The lowest BCUT2D eigenvalue weighted by atomic mass is 9.96. The zero-order valence-corrected chi connectivity index (χ0v) is 24.3. The van der Waals surface area contributed by atoms with E-state index in [1.165, 1.54) is 0 Å². The van der Waals surface area contributed by atoms with Gasteiger partial charge in [0.25, 0.3) is 20.2 Å². The van der Waals surface area contributed by atoms with Gasteiger partial charge in [0.2, 0.25) is 0 Å². The van der Waals surface area contributed by atoms with Gasteiger partial charge in [0.05, 0.1) is 24.7 Å². The van der Waals surface area contributed by atoms with Crippen LogP contribution in [0.5, 0.6) is 11.5 Å². The van der Waals surface area contributed by atoms with Crippen LogP contribution in [0, 0.1) is 0 Å². The summed E-state index contributed by atoms with van der Waals surface area (Å²) in [6, 6.07) is 25.8. The van der Waals surface area contributed by atoms with Gasteiger partial charge in [-0.25, -0.2) is 0 Å². The van der Waals surface area contributed by atoms with Crippen molar-refractivity contribution >= 4 is 31.6 Å². The molecule has 0 aliphatic carbocycles. The fourth-order valence-electron chi connectivity index (χ4n) is 4.29. The Morgan fingerprint density at radius 3 is 1.19 bits per heavy atom. The molecule has 12 heteroatoms. The molecule has 6 N–H and O–H groups in total. The first kappa shape index (κ1) is 30.8. The summed E-state index contributed by atoms with van der Waals surface area (Å²) in [5, 5.41) is 0. The number of nitrogens with two attached hydrogens (primary N) is 2. The van der Waals surface area contributed by atoms with Crippen LogP contribution in [0.1, 0.15) is 12.8 Å². The van der Waals surface area contributed by atoms with Crippen LogP contribution in [0.4, 0.5) is 11.4 Å². The van der Waals surface area contributed by atoms with Gasteiger partial charge in [-0.3, -0.25) is 9.11 Å². The molecule has 0 radical (unpaired) electrons. The Hall–Kier alpha value is -4.10. The lowest BCUT2D eigenvalue weighted by molar-refractivity contribution is 0.317. The number of hydrogen-bond donors (Lipinski definition) is 4. The van der Waals surface area contributed by atoms with Gasteiger partial charge in [-0.1, -0.05) is 48.5 Å². The highest BCUT2D eigenvalue weighted by Crippen LogP contribution is 2.38.